The molecule has 1 aliphatic rings. The normalized spacial score (nSPS) is 19.7. The van der Waals surface area contributed by atoms with E-state index in [1.165, 1.54) is 6.92 Å². The highest BCUT2D eigenvalue weighted by Gasteiger charge is 2.60. The number of halogens is 3. The molecule has 0 aliphatic carbocycles. The van der Waals surface area contributed by atoms with Crippen molar-refractivity contribution in [1.82, 2.24) is 4.98 Å². The zero-order chi connectivity index (χ0) is 18.9. The molecule has 6 nitrogen and oxygen atoms in total. The van der Waals surface area contributed by atoms with Gasteiger partial charge in [-0.2, -0.15) is 13.2 Å². The quantitative estimate of drug-likeness (QED) is 0.876. The Hall–Kier alpha value is -2.94. The molecule has 0 saturated carbocycles. The molecule has 0 fully saturated rings. The second-order valence-electron chi connectivity index (χ2n) is 5.78. The lowest BCUT2D eigenvalue weighted by molar-refractivity contribution is -0.355. The highest BCUT2D eigenvalue weighted by atomic mass is 19.4. The van der Waals surface area contributed by atoms with Gasteiger partial charge < -0.3 is 15.3 Å². The number of aromatic nitrogens is 1. The van der Waals surface area contributed by atoms with Crippen molar-refractivity contribution in [3.8, 4) is 11.1 Å². The molecule has 0 saturated heterocycles. The van der Waals surface area contributed by atoms with Crippen LogP contribution in [0, 0.1) is 0 Å². The fraction of sp³-hybridized carbons (Fsp3) is 0.235. The van der Waals surface area contributed by atoms with Gasteiger partial charge in [0.25, 0.3) is 0 Å². The summed E-state index contributed by atoms with van der Waals surface area (Å²) in [5.74, 6) is -3.10. The Morgan fingerprint density at radius 2 is 1.77 bits per heavy atom. The fourth-order valence-electron chi connectivity index (χ4n) is 2.40. The molecule has 2 N–H and O–H groups in total. The van der Waals surface area contributed by atoms with E-state index in [0.717, 1.165) is 11.1 Å². The summed E-state index contributed by atoms with van der Waals surface area (Å²) >= 11 is 0. The summed E-state index contributed by atoms with van der Waals surface area (Å²) in [5.41, 5.74) is 1.97. The molecule has 2 heterocycles. The standard InChI is InChI=1S/C17H14F3N3O3/c1-10(24)22-15-7-6-13(9-21-15)11-2-4-12(5-3-11)14-8-16(25,26-23-14)17(18,19)20/h2-7,9,25H,8H2,1H3,(H,21,22,24). The van der Waals surface area contributed by atoms with E-state index in [9.17, 15) is 23.1 Å². The van der Waals surface area contributed by atoms with Crippen LogP contribution in [0.15, 0.2) is 47.8 Å². The molecule has 1 aromatic carbocycles. The molecule has 1 atom stereocenters. The van der Waals surface area contributed by atoms with Gasteiger partial charge in [0.15, 0.2) is 0 Å². The first kappa shape index (κ1) is 17.9. The van der Waals surface area contributed by atoms with Crippen LogP contribution in [-0.2, 0) is 9.63 Å². The maximum Gasteiger partial charge on any atom is 0.458 e. The van der Waals surface area contributed by atoms with E-state index in [1.54, 1.807) is 42.6 Å². The molecule has 26 heavy (non-hydrogen) atoms. The van der Waals surface area contributed by atoms with Crippen molar-refractivity contribution >= 4 is 17.4 Å². The molecule has 0 bridgehead atoms. The number of nitrogens with zero attached hydrogens (tertiary/aromatic N) is 2. The molecule has 1 unspecified atom stereocenters. The molecule has 1 aromatic heterocycles. The van der Waals surface area contributed by atoms with Crippen LogP contribution < -0.4 is 5.32 Å². The van der Waals surface area contributed by atoms with Gasteiger partial charge in [0.05, 0.1) is 12.1 Å². The smallest absolute Gasteiger partial charge is 0.350 e. The third kappa shape index (κ3) is 3.52. The molecule has 1 amide bonds. The monoisotopic (exact) mass is 365 g/mol. The lowest BCUT2D eigenvalue weighted by atomic mass is 9.99. The van der Waals surface area contributed by atoms with E-state index in [-0.39, 0.29) is 11.6 Å². The zero-order valence-corrected chi connectivity index (χ0v) is 13.5. The van der Waals surface area contributed by atoms with Gasteiger partial charge in [0.2, 0.25) is 5.91 Å². The third-order valence-electron chi connectivity index (χ3n) is 3.78. The minimum Gasteiger partial charge on any atom is -0.350 e. The van der Waals surface area contributed by atoms with E-state index in [4.69, 9.17) is 0 Å². The molecule has 2 aromatic rings. The molecule has 0 spiro atoms. The van der Waals surface area contributed by atoms with Crippen LogP contribution in [0.2, 0.25) is 0 Å². The van der Waals surface area contributed by atoms with E-state index in [2.05, 4.69) is 20.3 Å². The second kappa shape index (κ2) is 6.41. The molecular weight excluding hydrogens is 351 g/mol. The van der Waals surface area contributed by atoms with Gasteiger partial charge in [0.1, 0.15) is 5.82 Å². The molecule has 3 rings (SSSR count). The van der Waals surface area contributed by atoms with E-state index < -0.39 is 18.4 Å². The van der Waals surface area contributed by atoms with Crippen molar-refractivity contribution in [1.29, 1.82) is 0 Å². The maximum atomic E-state index is 12.7. The van der Waals surface area contributed by atoms with Crippen LogP contribution in [0.3, 0.4) is 0 Å². The van der Waals surface area contributed by atoms with Gasteiger partial charge in [-0.1, -0.05) is 29.4 Å². The number of alkyl halides is 3. The van der Waals surface area contributed by atoms with Crippen LogP contribution in [0.25, 0.3) is 11.1 Å². The number of hydrogen-bond donors (Lipinski definition) is 2. The van der Waals surface area contributed by atoms with E-state index >= 15 is 0 Å². The summed E-state index contributed by atoms with van der Waals surface area (Å²) in [6, 6.07) is 9.95. The van der Waals surface area contributed by atoms with Gasteiger partial charge in [0, 0.05) is 18.7 Å². The Balaban J connectivity index is 1.74. The number of carbonyl (C=O) groups excluding carboxylic acids is 1. The SMILES string of the molecule is CC(=O)Nc1ccc(-c2ccc(C3=NOC(O)(C(F)(F)F)C3)cc2)cn1. The fourth-order valence-corrected chi connectivity index (χ4v) is 2.40. The topological polar surface area (TPSA) is 83.8 Å². The van der Waals surface area contributed by atoms with Gasteiger partial charge in [-0.25, -0.2) is 4.98 Å². The first-order chi connectivity index (χ1) is 12.2. The van der Waals surface area contributed by atoms with Crippen LogP contribution in [0.1, 0.15) is 18.9 Å². The van der Waals surface area contributed by atoms with Crippen molar-refractivity contribution < 1.29 is 27.9 Å². The number of anilines is 1. The Kier molecular flexibility index (Phi) is 4.41. The van der Waals surface area contributed by atoms with Gasteiger partial charge in [-0.3, -0.25) is 4.79 Å². The lowest BCUT2D eigenvalue weighted by Gasteiger charge is -2.22. The van der Waals surface area contributed by atoms with Crippen molar-refractivity contribution in [3.05, 3.63) is 48.2 Å². The van der Waals surface area contributed by atoms with Crippen molar-refractivity contribution in [2.45, 2.75) is 25.3 Å². The summed E-state index contributed by atoms with van der Waals surface area (Å²) in [7, 11) is 0. The molecule has 9 heteroatoms. The molecule has 136 valence electrons. The largest absolute Gasteiger partial charge is 0.458 e. The van der Waals surface area contributed by atoms with E-state index in [0.29, 0.717) is 11.4 Å². The Labute approximate surface area is 146 Å². The first-order valence-corrected chi connectivity index (χ1v) is 7.56. The summed E-state index contributed by atoms with van der Waals surface area (Å²) < 4.78 is 38.2. The van der Waals surface area contributed by atoms with Crippen molar-refractivity contribution in [3.63, 3.8) is 0 Å². The highest BCUT2D eigenvalue weighted by Crippen LogP contribution is 2.39. The number of oxime groups is 1. The van der Waals surface area contributed by atoms with Crippen LogP contribution in [0.5, 0.6) is 0 Å². The number of nitrogens with one attached hydrogen (secondary N) is 1. The molecule has 1 aliphatic heterocycles. The number of carbonyl (C=O) groups is 1. The maximum absolute atomic E-state index is 12.7. The average molecular weight is 365 g/mol. The van der Waals surface area contributed by atoms with E-state index in [1.807, 2.05) is 0 Å². The lowest BCUT2D eigenvalue weighted by Crippen LogP contribution is -2.45. The third-order valence-corrected chi connectivity index (χ3v) is 3.78. The molecule has 0 radical (unpaired) electrons. The minimum atomic E-state index is -4.93. The number of pyridine rings is 1. The number of aliphatic hydroxyl groups is 1. The summed E-state index contributed by atoms with van der Waals surface area (Å²) in [6.07, 6.45) is -4.14. The highest BCUT2D eigenvalue weighted by molar-refractivity contribution is 6.01. The van der Waals surface area contributed by atoms with Crippen molar-refractivity contribution in [2.24, 2.45) is 5.16 Å². The first-order valence-electron chi connectivity index (χ1n) is 7.56. The Morgan fingerprint density at radius 1 is 1.15 bits per heavy atom. The minimum absolute atomic E-state index is 0.00973. The summed E-state index contributed by atoms with van der Waals surface area (Å²) in [4.78, 5) is 19.3. The van der Waals surface area contributed by atoms with Gasteiger partial charge >= 0.3 is 12.0 Å². The van der Waals surface area contributed by atoms with Gasteiger partial charge in [-0.05, 0) is 23.3 Å². The van der Waals surface area contributed by atoms with Crippen LogP contribution in [-0.4, -0.2) is 33.7 Å². The predicted molar refractivity (Wildman–Crippen MR) is 87.2 cm³/mol. The van der Waals surface area contributed by atoms with Gasteiger partial charge in [-0.15, -0.1) is 0 Å². The predicted octanol–water partition coefficient (Wildman–Crippen LogP) is 3.08. The van der Waals surface area contributed by atoms with Crippen LogP contribution in [0.4, 0.5) is 19.0 Å². The number of benzene rings is 1. The Bertz CT molecular complexity index is 848. The summed E-state index contributed by atoms with van der Waals surface area (Å²) in [6.45, 7) is 1.38. The summed E-state index contributed by atoms with van der Waals surface area (Å²) in [5, 5.41) is 15.4. The Morgan fingerprint density at radius 3 is 2.27 bits per heavy atom. The van der Waals surface area contributed by atoms with Crippen molar-refractivity contribution in [2.75, 3.05) is 5.32 Å². The second-order valence-corrected chi connectivity index (χ2v) is 5.78. The number of amides is 1. The molecular formula is C17H14F3N3O3. The number of hydrogen-bond acceptors (Lipinski definition) is 5. The zero-order valence-electron chi connectivity index (χ0n) is 13.5. The van der Waals surface area contributed by atoms with Crippen LogP contribution >= 0.6 is 0 Å². The number of rotatable bonds is 3. The average Bonchev–Trinajstić information content (AvgIpc) is 2.99.